The Morgan fingerprint density at radius 3 is 2.62 bits per heavy atom. The average Bonchev–Trinajstić information content (AvgIpc) is 2.71. The number of hydrogen-bond donors (Lipinski definition) is 0. The molecule has 0 amide bonds. The Labute approximate surface area is 86.2 Å². The first-order valence-electron chi connectivity index (χ1n) is 3.52. The zero-order chi connectivity index (χ0) is 9.10. The molecule has 0 saturated carbocycles. The van der Waals surface area contributed by atoms with Gasteiger partial charge in [0.05, 0.1) is 0 Å². The monoisotopic (exact) mass is 302 g/mol. The summed E-state index contributed by atoms with van der Waals surface area (Å²) in [7, 11) is 0. The third-order valence-electron chi connectivity index (χ3n) is 1.55. The van der Waals surface area contributed by atoms with Crippen molar-refractivity contribution in [2.24, 2.45) is 0 Å². The topological polar surface area (TPSA) is 49.6 Å². The maximum absolute atomic E-state index is 8.60. The van der Waals surface area contributed by atoms with E-state index in [0.29, 0.717) is 31.3 Å². The number of benzene rings is 1. The Morgan fingerprint density at radius 2 is 2.08 bits per heavy atom. The summed E-state index contributed by atoms with van der Waals surface area (Å²) in [6.07, 6.45) is 0. The molecule has 0 aliphatic carbocycles. The molecular weight excluding hydrogens is 296 g/mol. The van der Waals surface area contributed by atoms with Gasteiger partial charge in [-0.3, -0.25) is 0 Å². The van der Waals surface area contributed by atoms with Gasteiger partial charge in [0.15, 0.2) is 0 Å². The molecule has 0 unspecified atom stereocenters. The molecule has 2 aromatic rings. The molecule has 13 heavy (non-hydrogen) atoms. The summed E-state index contributed by atoms with van der Waals surface area (Å²) >= 11 is 0.715. The van der Waals surface area contributed by atoms with E-state index in [0.717, 1.165) is 11.4 Å². The summed E-state index contributed by atoms with van der Waals surface area (Å²) in [5.41, 5.74) is 1.71. The van der Waals surface area contributed by atoms with E-state index in [2.05, 4.69) is 14.0 Å². The second-order valence-corrected chi connectivity index (χ2v) is 6.99. The average molecular weight is 300 g/mol. The van der Waals surface area contributed by atoms with Crippen LogP contribution in [0, 0.1) is 11.3 Å². The van der Waals surface area contributed by atoms with Crippen LogP contribution in [0.4, 0.5) is 0 Å². The zero-order valence-electron chi connectivity index (χ0n) is 6.47. The third kappa shape index (κ3) is 1.93. The Bertz CT molecular complexity index is 427. The number of rotatable bonds is 1. The van der Waals surface area contributed by atoms with Crippen molar-refractivity contribution in [3.63, 3.8) is 0 Å². The fourth-order valence-electron chi connectivity index (χ4n) is 0.920. The second-order valence-electron chi connectivity index (χ2n) is 2.34. The van der Waals surface area contributed by atoms with Gasteiger partial charge in [-0.05, 0) is 0 Å². The number of nitriles is 1. The van der Waals surface area contributed by atoms with E-state index in [1.807, 2.05) is 12.1 Å². The predicted octanol–water partition coefficient (Wildman–Crippen LogP) is 0.410. The van der Waals surface area contributed by atoms with Crippen LogP contribution in [0.5, 0.6) is 0 Å². The summed E-state index contributed by atoms with van der Waals surface area (Å²) in [5.74, 6) is 0.865. The fraction of sp³-hybridized carbons (Fsp3) is 0. The van der Waals surface area contributed by atoms with Crippen molar-refractivity contribution < 1.29 is 0 Å². The Hall–Kier alpha value is -0.781. The summed E-state index contributed by atoms with van der Waals surface area (Å²) in [5, 5.41) is 8.60. The van der Waals surface area contributed by atoms with Gasteiger partial charge in [-0.15, -0.1) is 0 Å². The first-order valence-corrected chi connectivity index (χ1v) is 9.39. The Kier molecular flexibility index (Phi) is 2.68. The van der Waals surface area contributed by atoms with E-state index in [1.54, 1.807) is 12.1 Å². The first kappa shape index (κ1) is 8.80. The molecule has 0 N–H and O–H groups in total. The van der Waals surface area contributed by atoms with E-state index in [1.165, 1.54) is 0 Å². The molecule has 0 bridgehead atoms. The second kappa shape index (κ2) is 3.95. The minimum absolute atomic E-state index is 0.357. The molecule has 5 heteroatoms. The van der Waals surface area contributed by atoms with Crippen LogP contribution >= 0.6 is 0 Å². The van der Waals surface area contributed by atoms with Gasteiger partial charge in [-0.1, -0.05) is 0 Å². The van der Waals surface area contributed by atoms with Crippen molar-refractivity contribution in [2.75, 3.05) is 0 Å². The van der Waals surface area contributed by atoms with Gasteiger partial charge in [-0.25, -0.2) is 0 Å². The van der Waals surface area contributed by atoms with Crippen molar-refractivity contribution in [2.45, 2.75) is 0 Å². The standard InChI is InChI=1S/C8H4N3Se2/c9-5-6-1-3-7(4-2-6)8-10-12-13-11-8/h1-4H/q+1. The Balaban J connectivity index is 2.40. The van der Waals surface area contributed by atoms with Crippen molar-refractivity contribution in [1.29, 1.82) is 5.26 Å². The molecule has 0 radical (unpaired) electrons. The normalized spacial score (nSPS) is 9.46. The summed E-state index contributed by atoms with van der Waals surface area (Å²) < 4.78 is 8.64. The molecule has 1 aromatic carbocycles. The van der Waals surface area contributed by atoms with Crippen molar-refractivity contribution in [1.82, 2.24) is 7.96 Å². The summed E-state index contributed by atoms with van der Waals surface area (Å²) in [6, 6.07) is 9.48. The van der Waals surface area contributed by atoms with E-state index in [9.17, 15) is 0 Å². The molecule has 0 aliphatic rings. The summed E-state index contributed by atoms with van der Waals surface area (Å²) in [6.45, 7) is 0. The van der Waals surface area contributed by atoms with Crippen LogP contribution in [0.3, 0.4) is 0 Å². The molecule has 2 rings (SSSR count). The van der Waals surface area contributed by atoms with Gasteiger partial charge in [0.2, 0.25) is 0 Å². The van der Waals surface area contributed by atoms with Crippen LogP contribution in [0.25, 0.3) is 11.4 Å². The SMILES string of the molecule is N#Cc1ccc(-c2n[se][se+]n2)cc1. The van der Waals surface area contributed by atoms with Gasteiger partial charge in [0.1, 0.15) is 0 Å². The van der Waals surface area contributed by atoms with E-state index < -0.39 is 0 Å². The van der Waals surface area contributed by atoms with E-state index in [-0.39, 0.29) is 0 Å². The number of hydrogen-bond acceptors (Lipinski definition) is 3. The molecule has 0 atom stereocenters. The molecule has 1 aromatic heterocycles. The molecule has 3 nitrogen and oxygen atoms in total. The van der Waals surface area contributed by atoms with Crippen LogP contribution in [-0.4, -0.2) is 33.7 Å². The van der Waals surface area contributed by atoms with Crippen LogP contribution in [0.15, 0.2) is 24.3 Å². The zero-order valence-corrected chi connectivity index (χ0v) is 9.89. The maximum atomic E-state index is 8.60. The molecule has 1 heterocycles. The number of nitrogens with zero attached hydrogens (tertiary/aromatic N) is 3. The third-order valence-corrected chi connectivity index (χ3v) is 5.08. The fourth-order valence-corrected chi connectivity index (χ4v) is 4.50. The van der Waals surface area contributed by atoms with Crippen LogP contribution in [0.2, 0.25) is 0 Å². The minimum atomic E-state index is 0.357. The molecule has 0 aliphatic heterocycles. The van der Waals surface area contributed by atoms with Gasteiger partial charge in [0, 0.05) is 0 Å². The van der Waals surface area contributed by atoms with Crippen molar-refractivity contribution in [3.05, 3.63) is 29.8 Å². The molecule has 0 fully saturated rings. The quantitative estimate of drug-likeness (QED) is 0.717. The van der Waals surface area contributed by atoms with Crippen LogP contribution < -0.4 is 0 Å². The first-order chi connectivity index (χ1) is 6.40. The van der Waals surface area contributed by atoms with E-state index >= 15 is 0 Å². The van der Waals surface area contributed by atoms with Gasteiger partial charge in [-0.2, -0.15) is 0 Å². The van der Waals surface area contributed by atoms with Crippen LogP contribution in [0.1, 0.15) is 5.56 Å². The van der Waals surface area contributed by atoms with E-state index in [4.69, 9.17) is 5.26 Å². The van der Waals surface area contributed by atoms with Crippen molar-refractivity contribution >= 4 is 25.7 Å². The van der Waals surface area contributed by atoms with Gasteiger partial charge < -0.3 is 0 Å². The molecule has 0 saturated heterocycles. The molecule has 0 spiro atoms. The van der Waals surface area contributed by atoms with Crippen molar-refractivity contribution in [3.8, 4) is 17.5 Å². The number of aromatic nitrogens is 2. The Morgan fingerprint density at radius 1 is 1.31 bits per heavy atom. The molecule has 62 valence electrons. The summed E-state index contributed by atoms with van der Waals surface area (Å²) in [4.78, 5) is 0. The predicted molar refractivity (Wildman–Crippen MR) is 50.5 cm³/mol. The van der Waals surface area contributed by atoms with Gasteiger partial charge in [0.25, 0.3) is 0 Å². The van der Waals surface area contributed by atoms with Gasteiger partial charge >= 0.3 is 86.2 Å². The molecular formula is C8H4N3Se2+. The van der Waals surface area contributed by atoms with Crippen LogP contribution in [-0.2, 0) is 0 Å².